The lowest BCUT2D eigenvalue weighted by Crippen LogP contribution is -2.26. The van der Waals surface area contributed by atoms with E-state index in [1.807, 2.05) is 0 Å². The van der Waals surface area contributed by atoms with E-state index in [-0.39, 0.29) is 5.91 Å². The van der Waals surface area contributed by atoms with E-state index < -0.39 is 5.97 Å². The van der Waals surface area contributed by atoms with Crippen LogP contribution >= 0.6 is 11.3 Å². The number of hydrogen-bond acceptors (Lipinski definition) is 5. The van der Waals surface area contributed by atoms with Crippen LogP contribution in [0.3, 0.4) is 0 Å². The van der Waals surface area contributed by atoms with Gasteiger partial charge in [-0.25, -0.2) is 4.79 Å². The topological polar surface area (TPSA) is 84.9 Å². The van der Waals surface area contributed by atoms with Crippen LogP contribution in [-0.4, -0.2) is 50.5 Å². The molecule has 0 bridgehead atoms. The molecule has 1 aromatic heterocycles. The van der Waals surface area contributed by atoms with Gasteiger partial charge in [0.05, 0.1) is 24.7 Å². The average molecular weight is 299 g/mol. The van der Waals surface area contributed by atoms with Crippen LogP contribution in [0.4, 0.5) is 0 Å². The first-order valence-electron chi connectivity index (χ1n) is 5.99. The van der Waals surface area contributed by atoms with Gasteiger partial charge in [0.25, 0.3) is 5.91 Å². The molecule has 0 spiro atoms. The van der Waals surface area contributed by atoms with Crippen molar-refractivity contribution in [1.82, 2.24) is 5.32 Å². The van der Waals surface area contributed by atoms with Crippen molar-refractivity contribution in [3.05, 3.63) is 28.0 Å². The van der Waals surface area contributed by atoms with Crippen LogP contribution in [0.5, 0.6) is 0 Å². The van der Waals surface area contributed by atoms with Gasteiger partial charge in [0.2, 0.25) is 0 Å². The third-order valence-electron chi connectivity index (χ3n) is 2.20. The number of nitrogens with one attached hydrogen (secondary N) is 1. The van der Waals surface area contributed by atoms with E-state index in [1.165, 1.54) is 17.4 Å². The third-order valence-corrected chi connectivity index (χ3v) is 3.25. The Balaban J connectivity index is 2.31. The van der Waals surface area contributed by atoms with Gasteiger partial charge in [-0.1, -0.05) is 0 Å². The molecule has 0 aromatic carbocycles. The lowest BCUT2D eigenvalue weighted by atomic mass is 10.4. The number of amides is 1. The van der Waals surface area contributed by atoms with Crippen LogP contribution in [0.25, 0.3) is 6.08 Å². The highest BCUT2D eigenvalue weighted by Crippen LogP contribution is 2.17. The zero-order valence-electron chi connectivity index (χ0n) is 11.1. The quantitative estimate of drug-likeness (QED) is 0.529. The van der Waals surface area contributed by atoms with Crippen molar-refractivity contribution in [1.29, 1.82) is 0 Å². The maximum Gasteiger partial charge on any atom is 0.328 e. The number of carbonyl (C=O) groups is 2. The SMILES string of the molecule is COCCOCCNC(=O)c1ccc(C=CC(=O)O)s1. The average Bonchev–Trinajstić information content (AvgIpc) is 2.89. The Morgan fingerprint density at radius 2 is 2.15 bits per heavy atom. The van der Waals surface area contributed by atoms with Gasteiger partial charge in [-0.15, -0.1) is 11.3 Å². The number of hydrogen-bond donors (Lipinski definition) is 2. The highest BCUT2D eigenvalue weighted by atomic mass is 32.1. The first kappa shape index (κ1) is 16.4. The summed E-state index contributed by atoms with van der Waals surface area (Å²) in [6.07, 6.45) is 2.49. The van der Waals surface area contributed by atoms with Gasteiger partial charge in [0.1, 0.15) is 0 Å². The van der Waals surface area contributed by atoms with Gasteiger partial charge in [0.15, 0.2) is 0 Å². The molecule has 2 N–H and O–H groups in total. The Morgan fingerprint density at radius 1 is 1.35 bits per heavy atom. The van der Waals surface area contributed by atoms with E-state index in [1.54, 1.807) is 19.2 Å². The molecule has 0 aliphatic rings. The van der Waals surface area contributed by atoms with Crippen molar-refractivity contribution in [3.63, 3.8) is 0 Å². The van der Waals surface area contributed by atoms with Crippen molar-refractivity contribution >= 4 is 29.3 Å². The first-order chi connectivity index (χ1) is 9.63. The Hall–Kier alpha value is -1.70. The molecule has 0 unspecified atom stereocenters. The molecule has 0 radical (unpaired) electrons. The Morgan fingerprint density at radius 3 is 2.85 bits per heavy atom. The fourth-order valence-electron chi connectivity index (χ4n) is 1.29. The summed E-state index contributed by atoms with van der Waals surface area (Å²) in [6.45, 7) is 1.86. The standard InChI is InChI=1S/C13H17NO5S/c1-18-8-9-19-7-6-14-13(17)11-4-2-10(20-11)3-5-12(15)16/h2-5H,6-9H2,1H3,(H,14,17)(H,15,16). The van der Waals surface area contributed by atoms with Gasteiger partial charge in [-0.2, -0.15) is 0 Å². The van der Waals surface area contributed by atoms with Crippen LogP contribution in [0.1, 0.15) is 14.5 Å². The van der Waals surface area contributed by atoms with E-state index in [2.05, 4.69) is 5.32 Å². The molecular formula is C13H17NO5S. The summed E-state index contributed by atoms with van der Waals surface area (Å²) in [5.74, 6) is -1.21. The van der Waals surface area contributed by atoms with Crippen molar-refractivity contribution in [2.24, 2.45) is 0 Å². The number of methoxy groups -OCH3 is 1. The highest BCUT2D eigenvalue weighted by molar-refractivity contribution is 7.14. The predicted octanol–water partition coefficient (Wildman–Crippen LogP) is 1.24. The Kier molecular flexibility index (Phi) is 7.56. The van der Waals surface area contributed by atoms with Gasteiger partial charge >= 0.3 is 5.97 Å². The van der Waals surface area contributed by atoms with Crippen LogP contribution in [0.15, 0.2) is 18.2 Å². The highest BCUT2D eigenvalue weighted by Gasteiger charge is 2.07. The molecule has 1 heterocycles. The van der Waals surface area contributed by atoms with Crippen molar-refractivity contribution in [2.45, 2.75) is 0 Å². The fraction of sp³-hybridized carbons (Fsp3) is 0.385. The summed E-state index contributed by atoms with van der Waals surface area (Å²) in [5, 5.41) is 11.2. The molecule has 0 saturated carbocycles. The molecule has 1 rings (SSSR count). The molecule has 0 aliphatic carbocycles. The number of rotatable bonds is 9. The summed E-state index contributed by atoms with van der Waals surface area (Å²) in [6, 6.07) is 3.36. The second-order valence-electron chi connectivity index (χ2n) is 3.73. The van der Waals surface area contributed by atoms with Crippen molar-refractivity contribution < 1.29 is 24.2 Å². The monoisotopic (exact) mass is 299 g/mol. The fourth-order valence-corrected chi connectivity index (χ4v) is 2.11. The number of ether oxygens (including phenoxy) is 2. The molecular weight excluding hydrogens is 282 g/mol. The molecule has 110 valence electrons. The van der Waals surface area contributed by atoms with E-state index >= 15 is 0 Å². The molecule has 20 heavy (non-hydrogen) atoms. The Labute approximate surface area is 121 Å². The number of aliphatic carboxylic acids is 1. The molecule has 1 amide bonds. The smallest absolute Gasteiger partial charge is 0.328 e. The second kappa shape index (κ2) is 9.24. The third kappa shape index (κ3) is 6.46. The summed E-state index contributed by atoms with van der Waals surface area (Å²) >= 11 is 1.23. The van der Waals surface area contributed by atoms with Crippen LogP contribution in [0, 0.1) is 0 Å². The lowest BCUT2D eigenvalue weighted by molar-refractivity contribution is -0.131. The van der Waals surface area contributed by atoms with E-state index in [0.717, 1.165) is 6.08 Å². The van der Waals surface area contributed by atoms with E-state index in [0.29, 0.717) is 36.1 Å². The van der Waals surface area contributed by atoms with Crippen molar-refractivity contribution in [3.8, 4) is 0 Å². The van der Waals surface area contributed by atoms with Crippen LogP contribution in [0.2, 0.25) is 0 Å². The van der Waals surface area contributed by atoms with Crippen molar-refractivity contribution in [2.75, 3.05) is 33.5 Å². The molecule has 7 heteroatoms. The molecule has 0 aliphatic heterocycles. The maximum atomic E-state index is 11.8. The zero-order valence-corrected chi connectivity index (χ0v) is 11.9. The molecule has 1 aromatic rings. The summed E-state index contributed by atoms with van der Waals surface area (Å²) < 4.78 is 10.0. The second-order valence-corrected chi connectivity index (χ2v) is 4.85. The molecule has 6 nitrogen and oxygen atoms in total. The Bertz CT molecular complexity index is 469. The van der Waals surface area contributed by atoms with E-state index in [4.69, 9.17) is 14.6 Å². The minimum absolute atomic E-state index is 0.194. The summed E-state index contributed by atoms with van der Waals surface area (Å²) in [7, 11) is 1.60. The molecule has 0 fully saturated rings. The normalized spacial score (nSPS) is 10.8. The number of thiophene rings is 1. The maximum absolute atomic E-state index is 11.8. The van der Waals surface area contributed by atoms with Gasteiger partial charge in [0, 0.05) is 24.6 Å². The lowest BCUT2D eigenvalue weighted by Gasteiger charge is -2.04. The minimum atomic E-state index is -1.02. The number of carboxylic acids is 1. The minimum Gasteiger partial charge on any atom is -0.478 e. The van der Waals surface area contributed by atoms with Crippen LogP contribution < -0.4 is 5.32 Å². The molecule has 0 saturated heterocycles. The van der Waals surface area contributed by atoms with Gasteiger partial charge in [-0.3, -0.25) is 4.79 Å². The molecule has 0 atom stereocenters. The summed E-state index contributed by atoms with van der Waals surface area (Å²) in [4.78, 5) is 23.4. The first-order valence-corrected chi connectivity index (χ1v) is 6.81. The summed E-state index contributed by atoms with van der Waals surface area (Å²) in [5.41, 5.74) is 0. The van der Waals surface area contributed by atoms with Gasteiger partial charge < -0.3 is 19.9 Å². The van der Waals surface area contributed by atoms with Crippen LogP contribution in [-0.2, 0) is 14.3 Å². The van der Waals surface area contributed by atoms with Gasteiger partial charge in [-0.05, 0) is 18.2 Å². The predicted molar refractivity (Wildman–Crippen MR) is 76.0 cm³/mol. The zero-order chi connectivity index (χ0) is 14.8. The number of carboxylic acid groups (broad SMARTS) is 1. The number of carbonyl (C=O) groups excluding carboxylic acids is 1. The van der Waals surface area contributed by atoms with E-state index in [9.17, 15) is 9.59 Å². The largest absolute Gasteiger partial charge is 0.478 e.